The Morgan fingerprint density at radius 1 is 1.33 bits per heavy atom. The zero-order valence-electron chi connectivity index (χ0n) is 12.3. The molecule has 0 N–H and O–H groups in total. The Hall–Kier alpha value is -0.830. The maximum Gasteiger partial charge on any atom is 0.333 e. The number of hydrogen-bond donors (Lipinski definition) is 0. The molecule has 104 valence electrons. The lowest BCUT2D eigenvalue weighted by Crippen LogP contribution is -2.38. The summed E-state index contributed by atoms with van der Waals surface area (Å²) in [6.45, 7) is 9.80. The van der Waals surface area contributed by atoms with Crippen molar-refractivity contribution in [3.8, 4) is 0 Å². The van der Waals surface area contributed by atoms with E-state index in [4.69, 9.17) is 4.74 Å². The van der Waals surface area contributed by atoms with Crippen molar-refractivity contribution in [3.63, 3.8) is 0 Å². The molecule has 0 aliphatic carbocycles. The van der Waals surface area contributed by atoms with Crippen LogP contribution in [0.2, 0.25) is 0 Å². The highest BCUT2D eigenvalue weighted by Crippen LogP contribution is 2.33. The molecule has 0 bridgehead atoms. The number of esters is 1. The van der Waals surface area contributed by atoms with E-state index >= 15 is 0 Å². The molecular formula is C15H27NO2. The molecule has 1 fully saturated rings. The van der Waals surface area contributed by atoms with Crippen molar-refractivity contribution in [3.05, 3.63) is 11.6 Å². The van der Waals surface area contributed by atoms with E-state index < -0.39 is 0 Å². The number of carbonyl (C=O) groups is 1. The van der Waals surface area contributed by atoms with Gasteiger partial charge in [0.25, 0.3) is 0 Å². The Labute approximate surface area is 111 Å². The van der Waals surface area contributed by atoms with Gasteiger partial charge in [0.2, 0.25) is 0 Å². The molecule has 1 aliphatic rings. The van der Waals surface area contributed by atoms with Gasteiger partial charge in [-0.1, -0.05) is 33.3 Å². The van der Waals surface area contributed by atoms with Crippen LogP contribution in [0.1, 0.15) is 46.5 Å². The molecule has 0 spiro atoms. The van der Waals surface area contributed by atoms with Crippen LogP contribution in [-0.2, 0) is 9.53 Å². The lowest BCUT2D eigenvalue weighted by atomic mass is 9.78. The van der Waals surface area contributed by atoms with Crippen LogP contribution < -0.4 is 0 Å². The van der Waals surface area contributed by atoms with E-state index in [-0.39, 0.29) is 5.97 Å². The van der Waals surface area contributed by atoms with Crippen LogP contribution in [0.3, 0.4) is 0 Å². The summed E-state index contributed by atoms with van der Waals surface area (Å²) in [4.78, 5) is 13.9. The second kappa shape index (κ2) is 6.93. The molecule has 1 saturated heterocycles. The fourth-order valence-corrected chi connectivity index (χ4v) is 2.37. The van der Waals surface area contributed by atoms with Gasteiger partial charge in [0, 0.05) is 12.1 Å². The Morgan fingerprint density at radius 3 is 2.39 bits per heavy atom. The first-order valence-corrected chi connectivity index (χ1v) is 7.04. The first kappa shape index (κ1) is 15.2. The maximum atomic E-state index is 11.5. The Kier molecular flexibility index (Phi) is 5.86. The van der Waals surface area contributed by atoms with Crippen LogP contribution in [0.15, 0.2) is 11.6 Å². The predicted octanol–water partition coefficient (Wildman–Crippen LogP) is 3.01. The van der Waals surface area contributed by atoms with E-state index in [1.54, 1.807) is 0 Å². The fourth-order valence-electron chi connectivity index (χ4n) is 2.37. The molecule has 3 heteroatoms. The average molecular weight is 253 g/mol. The molecule has 0 radical (unpaired) electrons. The molecule has 1 heterocycles. The first-order valence-electron chi connectivity index (χ1n) is 7.04. The molecule has 18 heavy (non-hydrogen) atoms. The van der Waals surface area contributed by atoms with Crippen LogP contribution in [0, 0.1) is 5.41 Å². The monoisotopic (exact) mass is 253 g/mol. The van der Waals surface area contributed by atoms with Crippen molar-refractivity contribution in [2.75, 3.05) is 26.7 Å². The van der Waals surface area contributed by atoms with E-state index in [1.807, 2.05) is 13.0 Å². The highest BCUT2D eigenvalue weighted by atomic mass is 16.5. The van der Waals surface area contributed by atoms with Gasteiger partial charge in [0.1, 0.15) is 0 Å². The molecular weight excluding hydrogens is 226 g/mol. The predicted molar refractivity (Wildman–Crippen MR) is 74.5 cm³/mol. The van der Waals surface area contributed by atoms with Gasteiger partial charge < -0.3 is 4.74 Å². The number of rotatable bonds is 5. The number of methoxy groups -OCH3 is 1. The molecule has 1 rings (SSSR count). The number of likely N-dealkylation sites (tertiary alicyclic amines) is 1. The third kappa shape index (κ3) is 4.13. The van der Waals surface area contributed by atoms with E-state index in [2.05, 4.69) is 18.7 Å². The smallest absolute Gasteiger partial charge is 0.333 e. The van der Waals surface area contributed by atoms with Crippen molar-refractivity contribution < 1.29 is 9.53 Å². The van der Waals surface area contributed by atoms with Crippen LogP contribution in [0.4, 0.5) is 0 Å². The minimum absolute atomic E-state index is 0.187. The average Bonchev–Trinajstić information content (AvgIpc) is 2.41. The molecule has 0 aromatic rings. The van der Waals surface area contributed by atoms with E-state index in [0.717, 1.165) is 31.6 Å². The minimum atomic E-state index is -0.187. The lowest BCUT2D eigenvalue weighted by molar-refractivity contribution is -0.136. The second-order valence-electron chi connectivity index (χ2n) is 5.54. The van der Waals surface area contributed by atoms with E-state index in [9.17, 15) is 4.79 Å². The molecule has 3 nitrogen and oxygen atoms in total. The van der Waals surface area contributed by atoms with Gasteiger partial charge in [0.15, 0.2) is 0 Å². The Bertz CT molecular complexity index is 302. The van der Waals surface area contributed by atoms with Crippen LogP contribution in [0.25, 0.3) is 0 Å². The van der Waals surface area contributed by atoms with Crippen molar-refractivity contribution in [2.24, 2.45) is 5.41 Å². The maximum absolute atomic E-state index is 11.5. The zero-order chi connectivity index (χ0) is 13.6. The molecule has 0 aromatic carbocycles. The molecule has 0 atom stereocenters. The summed E-state index contributed by atoms with van der Waals surface area (Å²) in [5.41, 5.74) is 1.32. The van der Waals surface area contributed by atoms with Crippen LogP contribution in [0.5, 0.6) is 0 Å². The zero-order valence-corrected chi connectivity index (χ0v) is 12.3. The normalized spacial score (nSPS) is 20.8. The summed E-state index contributed by atoms with van der Waals surface area (Å²) >= 11 is 0. The summed E-state index contributed by atoms with van der Waals surface area (Å²) in [6.07, 6.45) is 6.56. The Balaban J connectivity index is 2.45. The fraction of sp³-hybridized carbons (Fsp3) is 0.800. The van der Waals surface area contributed by atoms with Gasteiger partial charge in [-0.15, -0.1) is 0 Å². The molecule has 0 aromatic heterocycles. The quantitative estimate of drug-likeness (QED) is 0.557. The number of piperidine rings is 1. The standard InChI is InChI=1S/C15H27NO2/c1-5-13(14(17)18-4)7-10-16-11-8-15(3,6-2)9-12-16/h7H,5-6,8-12H2,1-4H3. The van der Waals surface area contributed by atoms with Crippen LogP contribution in [-0.4, -0.2) is 37.6 Å². The number of nitrogens with zero attached hydrogens (tertiary/aromatic N) is 1. The van der Waals surface area contributed by atoms with Gasteiger partial charge >= 0.3 is 5.97 Å². The molecule has 0 unspecified atom stereocenters. The molecule has 0 saturated carbocycles. The summed E-state index contributed by atoms with van der Waals surface area (Å²) < 4.78 is 4.77. The molecule has 0 amide bonds. The first-order chi connectivity index (χ1) is 8.54. The summed E-state index contributed by atoms with van der Waals surface area (Å²) in [5.74, 6) is -0.187. The van der Waals surface area contributed by atoms with Crippen LogP contribution >= 0.6 is 0 Å². The second-order valence-corrected chi connectivity index (χ2v) is 5.54. The van der Waals surface area contributed by atoms with Gasteiger partial charge in [-0.25, -0.2) is 4.79 Å². The number of carbonyl (C=O) groups excluding carboxylic acids is 1. The Morgan fingerprint density at radius 2 is 1.94 bits per heavy atom. The third-order valence-electron chi connectivity index (χ3n) is 4.34. The van der Waals surface area contributed by atoms with Crippen molar-refractivity contribution in [1.82, 2.24) is 4.90 Å². The van der Waals surface area contributed by atoms with Gasteiger partial charge in [-0.05, 0) is 37.8 Å². The van der Waals surface area contributed by atoms with Gasteiger partial charge in [-0.2, -0.15) is 0 Å². The largest absolute Gasteiger partial charge is 0.466 e. The van der Waals surface area contributed by atoms with Gasteiger partial charge in [-0.3, -0.25) is 4.90 Å². The number of ether oxygens (including phenoxy) is 1. The van der Waals surface area contributed by atoms with E-state index in [1.165, 1.54) is 26.4 Å². The SMILES string of the molecule is CCC(=CCN1CCC(C)(CC)CC1)C(=O)OC. The topological polar surface area (TPSA) is 29.5 Å². The summed E-state index contributed by atoms with van der Waals surface area (Å²) in [5, 5.41) is 0. The summed E-state index contributed by atoms with van der Waals surface area (Å²) in [6, 6.07) is 0. The highest BCUT2D eigenvalue weighted by Gasteiger charge is 2.27. The van der Waals surface area contributed by atoms with Crippen molar-refractivity contribution in [2.45, 2.75) is 46.5 Å². The third-order valence-corrected chi connectivity index (χ3v) is 4.34. The minimum Gasteiger partial charge on any atom is -0.466 e. The number of hydrogen-bond acceptors (Lipinski definition) is 3. The van der Waals surface area contributed by atoms with Gasteiger partial charge in [0.05, 0.1) is 7.11 Å². The summed E-state index contributed by atoms with van der Waals surface area (Å²) in [7, 11) is 1.44. The van der Waals surface area contributed by atoms with Crippen molar-refractivity contribution >= 4 is 5.97 Å². The highest BCUT2D eigenvalue weighted by molar-refractivity contribution is 5.88. The lowest BCUT2D eigenvalue weighted by Gasteiger charge is -2.38. The van der Waals surface area contributed by atoms with Crippen molar-refractivity contribution in [1.29, 1.82) is 0 Å². The van der Waals surface area contributed by atoms with E-state index in [0.29, 0.717) is 5.41 Å². The molecule has 1 aliphatic heterocycles.